The lowest BCUT2D eigenvalue weighted by Gasteiger charge is -2.42. The minimum absolute atomic E-state index is 0.225. The third-order valence-corrected chi connectivity index (χ3v) is 6.12. The number of alkyl halides is 4. The van der Waals surface area contributed by atoms with E-state index in [9.17, 15) is 22.4 Å². The summed E-state index contributed by atoms with van der Waals surface area (Å²) in [7, 11) is 0. The van der Waals surface area contributed by atoms with Crippen molar-refractivity contribution in [2.24, 2.45) is 5.92 Å². The molecule has 1 amide bonds. The molecule has 1 fully saturated rings. The largest absolute Gasteiger partial charge is 0.326 e. The fraction of sp³-hybridized carbons (Fsp3) is 0.364. The fourth-order valence-corrected chi connectivity index (χ4v) is 3.17. The van der Waals surface area contributed by atoms with Crippen molar-refractivity contribution in [3.05, 3.63) is 25.6 Å². The van der Waals surface area contributed by atoms with E-state index < -0.39 is 30.1 Å². The molecule has 1 aromatic rings. The van der Waals surface area contributed by atoms with Crippen molar-refractivity contribution in [3.63, 3.8) is 0 Å². The Bertz CT molecular complexity index is 556. The van der Waals surface area contributed by atoms with Gasteiger partial charge in [0.25, 0.3) is 0 Å². The van der Waals surface area contributed by atoms with Gasteiger partial charge in [-0.1, -0.05) is 0 Å². The van der Waals surface area contributed by atoms with Gasteiger partial charge in [-0.3, -0.25) is 4.79 Å². The number of amides is 1. The van der Waals surface area contributed by atoms with Gasteiger partial charge in [0, 0.05) is 25.5 Å². The van der Waals surface area contributed by atoms with Gasteiger partial charge in [0.2, 0.25) is 5.91 Å². The SMILES string of the molecule is O=C(Nc1cc(Br)c(Br)c(Br)c1)C1CC(F)(F)C1(F)F. The second-order valence-electron chi connectivity index (χ2n) is 4.33. The van der Waals surface area contributed by atoms with Gasteiger partial charge in [0.1, 0.15) is 5.92 Å². The van der Waals surface area contributed by atoms with Crippen LogP contribution in [0.15, 0.2) is 25.6 Å². The highest BCUT2D eigenvalue weighted by molar-refractivity contribution is 9.14. The van der Waals surface area contributed by atoms with Crippen LogP contribution >= 0.6 is 47.8 Å². The van der Waals surface area contributed by atoms with Crippen LogP contribution in [0.3, 0.4) is 0 Å². The molecule has 0 heterocycles. The van der Waals surface area contributed by atoms with Crippen LogP contribution in [-0.4, -0.2) is 17.8 Å². The smallest absolute Gasteiger partial charge is 0.321 e. The first kappa shape index (κ1) is 16.2. The van der Waals surface area contributed by atoms with Crippen molar-refractivity contribution in [2.45, 2.75) is 18.3 Å². The predicted molar refractivity (Wildman–Crippen MR) is 76.2 cm³/mol. The van der Waals surface area contributed by atoms with Crippen LogP contribution in [0.4, 0.5) is 23.2 Å². The Balaban J connectivity index is 2.14. The molecule has 1 N–H and O–H groups in total. The quantitative estimate of drug-likeness (QED) is 0.454. The molecule has 1 aromatic carbocycles. The molecule has 110 valence electrons. The van der Waals surface area contributed by atoms with Crippen LogP contribution in [0.5, 0.6) is 0 Å². The molecule has 0 aromatic heterocycles. The fourth-order valence-electron chi connectivity index (χ4n) is 1.76. The maximum atomic E-state index is 13.1. The highest BCUT2D eigenvalue weighted by Gasteiger charge is 2.74. The number of carbonyl (C=O) groups excluding carboxylic acids is 1. The third-order valence-electron chi connectivity index (χ3n) is 2.95. The van der Waals surface area contributed by atoms with E-state index >= 15 is 0 Å². The van der Waals surface area contributed by atoms with E-state index in [0.29, 0.717) is 13.4 Å². The van der Waals surface area contributed by atoms with Crippen molar-refractivity contribution in [3.8, 4) is 0 Å². The van der Waals surface area contributed by atoms with Gasteiger partial charge in [0.05, 0.1) is 0 Å². The second kappa shape index (κ2) is 5.24. The first-order chi connectivity index (χ1) is 9.06. The minimum atomic E-state index is -4.30. The van der Waals surface area contributed by atoms with Gasteiger partial charge in [-0.05, 0) is 59.9 Å². The number of hydrogen-bond donors (Lipinski definition) is 1. The molecule has 0 saturated heterocycles. The molecule has 1 saturated carbocycles. The zero-order chi connectivity index (χ0) is 15.3. The van der Waals surface area contributed by atoms with Crippen LogP contribution in [0, 0.1) is 5.92 Å². The first-order valence-electron chi connectivity index (χ1n) is 5.27. The highest BCUT2D eigenvalue weighted by atomic mass is 79.9. The molecule has 0 spiro atoms. The Morgan fingerprint density at radius 1 is 1.15 bits per heavy atom. The van der Waals surface area contributed by atoms with E-state index in [2.05, 4.69) is 53.1 Å². The Hall–Kier alpha value is -0.150. The summed E-state index contributed by atoms with van der Waals surface area (Å²) in [5, 5.41) is 2.21. The molecule has 0 bridgehead atoms. The van der Waals surface area contributed by atoms with Gasteiger partial charge in [-0.15, -0.1) is 0 Å². The standard InChI is InChI=1S/C11H6Br3F4NO/c12-6-1-4(2-7(13)8(6)14)19-9(20)5-3-10(15,16)11(5,17)18/h1-2,5H,3H2,(H,19,20). The molecule has 1 atom stereocenters. The lowest BCUT2D eigenvalue weighted by molar-refractivity contribution is -0.303. The first-order valence-corrected chi connectivity index (χ1v) is 7.65. The molecule has 0 aliphatic heterocycles. The molecule has 9 heteroatoms. The van der Waals surface area contributed by atoms with Crippen LogP contribution in [0.1, 0.15) is 6.42 Å². The van der Waals surface area contributed by atoms with Gasteiger partial charge in [-0.25, -0.2) is 0 Å². The maximum absolute atomic E-state index is 13.1. The molecule has 1 unspecified atom stereocenters. The number of anilines is 1. The average Bonchev–Trinajstić information content (AvgIpc) is 2.32. The summed E-state index contributed by atoms with van der Waals surface area (Å²) in [5.41, 5.74) is 0.225. The van der Waals surface area contributed by atoms with Crippen LogP contribution in [0.2, 0.25) is 0 Å². The van der Waals surface area contributed by atoms with E-state index in [1.54, 1.807) is 0 Å². The van der Waals surface area contributed by atoms with E-state index in [4.69, 9.17) is 0 Å². The Morgan fingerprint density at radius 2 is 1.65 bits per heavy atom. The summed E-state index contributed by atoms with van der Waals surface area (Å²) in [6, 6.07) is 2.95. The summed E-state index contributed by atoms with van der Waals surface area (Å²) >= 11 is 9.64. The van der Waals surface area contributed by atoms with Crippen molar-refractivity contribution in [1.29, 1.82) is 0 Å². The monoisotopic (exact) mass is 481 g/mol. The van der Waals surface area contributed by atoms with Crippen molar-refractivity contribution in [2.75, 3.05) is 5.32 Å². The van der Waals surface area contributed by atoms with Crippen LogP contribution in [0.25, 0.3) is 0 Å². The summed E-state index contributed by atoms with van der Waals surface area (Å²) in [5.74, 6) is -11.6. The van der Waals surface area contributed by atoms with Gasteiger partial charge in [0.15, 0.2) is 0 Å². The summed E-state index contributed by atoms with van der Waals surface area (Å²) in [4.78, 5) is 11.6. The minimum Gasteiger partial charge on any atom is -0.326 e. The number of nitrogens with one attached hydrogen (secondary N) is 1. The Morgan fingerprint density at radius 3 is 2.05 bits per heavy atom. The molecule has 2 rings (SSSR count). The molecular weight excluding hydrogens is 478 g/mol. The summed E-state index contributed by atoms with van der Waals surface area (Å²) < 4.78 is 53.5. The average molecular weight is 484 g/mol. The highest BCUT2D eigenvalue weighted by Crippen LogP contribution is 2.55. The Kier molecular flexibility index (Phi) is 4.25. The lowest BCUT2D eigenvalue weighted by atomic mass is 9.76. The molecule has 20 heavy (non-hydrogen) atoms. The third kappa shape index (κ3) is 2.64. The van der Waals surface area contributed by atoms with Crippen molar-refractivity contribution in [1.82, 2.24) is 0 Å². The van der Waals surface area contributed by atoms with Crippen LogP contribution in [-0.2, 0) is 4.79 Å². The van der Waals surface area contributed by atoms with Gasteiger partial charge in [-0.2, -0.15) is 17.6 Å². The van der Waals surface area contributed by atoms with Gasteiger partial charge >= 0.3 is 11.8 Å². The molecule has 1 aliphatic carbocycles. The molecule has 1 aliphatic rings. The second-order valence-corrected chi connectivity index (χ2v) is 6.83. The summed E-state index contributed by atoms with van der Waals surface area (Å²) in [6.07, 6.45) is -1.15. The number of benzene rings is 1. The normalized spacial score (nSPS) is 23.1. The molecule has 0 radical (unpaired) electrons. The van der Waals surface area contributed by atoms with E-state index in [0.717, 1.165) is 0 Å². The maximum Gasteiger partial charge on any atom is 0.321 e. The molecular formula is C11H6Br3F4NO. The molecule has 2 nitrogen and oxygen atoms in total. The predicted octanol–water partition coefficient (Wildman–Crippen LogP) is 5.20. The number of carbonyl (C=O) groups is 1. The topological polar surface area (TPSA) is 29.1 Å². The zero-order valence-electron chi connectivity index (χ0n) is 9.49. The number of rotatable bonds is 2. The number of halogens is 7. The van der Waals surface area contributed by atoms with Crippen LogP contribution < -0.4 is 5.32 Å². The van der Waals surface area contributed by atoms with Crippen molar-refractivity contribution < 1.29 is 22.4 Å². The van der Waals surface area contributed by atoms with E-state index in [1.807, 2.05) is 0 Å². The number of hydrogen-bond acceptors (Lipinski definition) is 1. The van der Waals surface area contributed by atoms with Crippen molar-refractivity contribution >= 4 is 59.4 Å². The van der Waals surface area contributed by atoms with Gasteiger partial charge < -0.3 is 5.32 Å². The van der Waals surface area contributed by atoms with E-state index in [-0.39, 0.29) is 5.69 Å². The lowest BCUT2D eigenvalue weighted by Crippen LogP contribution is -2.62. The summed E-state index contributed by atoms with van der Waals surface area (Å²) in [6.45, 7) is 0. The Labute approximate surface area is 136 Å². The zero-order valence-corrected chi connectivity index (χ0v) is 14.3. The van der Waals surface area contributed by atoms with E-state index in [1.165, 1.54) is 12.1 Å².